The normalized spacial score (nSPS) is 18.7. The van der Waals surface area contributed by atoms with E-state index in [1.807, 2.05) is 0 Å². The first-order valence-corrected chi connectivity index (χ1v) is 6.96. The molecule has 2 N–H and O–H groups in total. The van der Waals surface area contributed by atoms with Crippen LogP contribution in [0.25, 0.3) is 11.3 Å². The van der Waals surface area contributed by atoms with E-state index in [-0.39, 0.29) is 17.7 Å². The molecule has 1 atom stereocenters. The second-order valence-electron chi connectivity index (χ2n) is 5.30. The summed E-state index contributed by atoms with van der Waals surface area (Å²) in [4.78, 5) is 9.67. The average molecular weight is 308 g/mol. The Labute approximate surface area is 125 Å². The standard InChI is InChI=1S/C15H15F3N4/c16-15(17,18)13-8-12(10-4-2-1-3-5-10)20-14(21-13)22-7-6-11(19)9-22/h1-5,8,11H,6-7,9,19H2. The van der Waals surface area contributed by atoms with Gasteiger partial charge in [0.2, 0.25) is 5.95 Å². The van der Waals surface area contributed by atoms with E-state index in [0.29, 0.717) is 18.7 Å². The molecule has 1 aromatic carbocycles. The van der Waals surface area contributed by atoms with E-state index in [2.05, 4.69) is 9.97 Å². The van der Waals surface area contributed by atoms with Gasteiger partial charge in [-0.3, -0.25) is 0 Å². The lowest BCUT2D eigenvalue weighted by Gasteiger charge is -2.18. The van der Waals surface area contributed by atoms with Crippen LogP contribution in [0.5, 0.6) is 0 Å². The number of rotatable bonds is 2. The number of aromatic nitrogens is 2. The van der Waals surface area contributed by atoms with Crippen LogP contribution in [0.2, 0.25) is 0 Å². The number of halogens is 3. The zero-order valence-corrected chi connectivity index (χ0v) is 11.7. The lowest BCUT2D eigenvalue weighted by molar-refractivity contribution is -0.141. The summed E-state index contributed by atoms with van der Waals surface area (Å²) in [6.07, 6.45) is -3.79. The van der Waals surface area contributed by atoms with Crippen LogP contribution in [0.3, 0.4) is 0 Å². The number of anilines is 1. The lowest BCUT2D eigenvalue weighted by atomic mass is 10.1. The molecule has 0 radical (unpaired) electrons. The summed E-state index contributed by atoms with van der Waals surface area (Å²) < 4.78 is 39.3. The maximum atomic E-state index is 13.1. The smallest absolute Gasteiger partial charge is 0.339 e. The fourth-order valence-corrected chi connectivity index (χ4v) is 2.45. The van der Waals surface area contributed by atoms with Gasteiger partial charge in [-0.15, -0.1) is 0 Å². The van der Waals surface area contributed by atoms with Crippen molar-refractivity contribution in [2.75, 3.05) is 18.0 Å². The van der Waals surface area contributed by atoms with Crippen molar-refractivity contribution in [2.24, 2.45) is 5.73 Å². The molecule has 0 spiro atoms. The summed E-state index contributed by atoms with van der Waals surface area (Å²) in [5.74, 6) is 0.0848. The van der Waals surface area contributed by atoms with Crippen LogP contribution in [0.15, 0.2) is 36.4 Å². The molecule has 2 aromatic rings. The van der Waals surface area contributed by atoms with Gasteiger partial charge in [-0.2, -0.15) is 13.2 Å². The third-order valence-electron chi connectivity index (χ3n) is 3.58. The highest BCUT2D eigenvalue weighted by Gasteiger charge is 2.35. The summed E-state index contributed by atoms with van der Waals surface area (Å²) in [5.41, 5.74) is 5.77. The van der Waals surface area contributed by atoms with Gasteiger partial charge in [0, 0.05) is 24.7 Å². The molecule has 7 heteroatoms. The summed E-state index contributed by atoms with van der Waals surface area (Å²) in [6, 6.07) is 9.69. The van der Waals surface area contributed by atoms with Crippen LogP contribution in [0.4, 0.5) is 19.1 Å². The number of hydrogen-bond acceptors (Lipinski definition) is 4. The third-order valence-corrected chi connectivity index (χ3v) is 3.58. The minimum Gasteiger partial charge on any atom is -0.339 e. The third kappa shape index (κ3) is 3.04. The second kappa shape index (κ2) is 5.57. The van der Waals surface area contributed by atoms with Crippen LogP contribution < -0.4 is 10.6 Å². The first kappa shape index (κ1) is 14.8. The van der Waals surface area contributed by atoms with E-state index in [9.17, 15) is 13.2 Å². The van der Waals surface area contributed by atoms with E-state index in [0.717, 1.165) is 12.5 Å². The van der Waals surface area contributed by atoms with Gasteiger partial charge in [-0.25, -0.2) is 9.97 Å². The van der Waals surface area contributed by atoms with Crippen molar-refractivity contribution in [3.8, 4) is 11.3 Å². The Bertz CT molecular complexity index is 658. The van der Waals surface area contributed by atoms with Gasteiger partial charge in [0.05, 0.1) is 5.69 Å². The number of nitrogens with zero attached hydrogens (tertiary/aromatic N) is 3. The molecule has 1 fully saturated rings. The topological polar surface area (TPSA) is 55.0 Å². The summed E-state index contributed by atoms with van der Waals surface area (Å²) >= 11 is 0. The molecule has 0 saturated carbocycles. The fraction of sp³-hybridized carbons (Fsp3) is 0.333. The highest BCUT2D eigenvalue weighted by Crippen LogP contribution is 2.32. The molecule has 22 heavy (non-hydrogen) atoms. The van der Waals surface area contributed by atoms with E-state index >= 15 is 0 Å². The SMILES string of the molecule is NC1CCN(c2nc(-c3ccccc3)cc(C(F)(F)F)n2)C1. The molecule has 1 unspecified atom stereocenters. The molecule has 1 aromatic heterocycles. The Morgan fingerprint density at radius 3 is 2.45 bits per heavy atom. The van der Waals surface area contributed by atoms with Crippen molar-refractivity contribution < 1.29 is 13.2 Å². The Balaban J connectivity index is 2.06. The minimum atomic E-state index is -4.51. The molecule has 1 saturated heterocycles. The molecular formula is C15H15F3N4. The lowest BCUT2D eigenvalue weighted by Crippen LogP contribution is -2.28. The van der Waals surface area contributed by atoms with Crippen LogP contribution in [-0.4, -0.2) is 29.1 Å². The summed E-state index contributed by atoms with van der Waals surface area (Å²) in [5, 5.41) is 0. The molecule has 1 aliphatic rings. The fourth-order valence-electron chi connectivity index (χ4n) is 2.45. The van der Waals surface area contributed by atoms with Crippen molar-refractivity contribution in [3.05, 3.63) is 42.1 Å². The first-order valence-electron chi connectivity index (χ1n) is 6.96. The van der Waals surface area contributed by atoms with Gasteiger partial charge in [0.15, 0.2) is 5.69 Å². The van der Waals surface area contributed by atoms with Crippen molar-refractivity contribution in [1.29, 1.82) is 0 Å². The quantitative estimate of drug-likeness (QED) is 0.927. The van der Waals surface area contributed by atoms with Crippen molar-refractivity contribution in [3.63, 3.8) is 0 Å². The second-order valence-corrected chi connectivity index (χ2v) is 5.30. The molecule has 2 heterocycles. The van der Waals surface area contributed by atoms with Crippen molar-refractivity contribution >= 4 is 5.95 Å². The van der Waals surface area contributed by atoms with E-state index in [4.69, 9.17) is 5.73 Å². The molecule has 3 rings (SSSR count). The monoisotopic (exact) mass is 308 g/mol. The maximum Gasteiger partial charge on any atom is 0.433 e. The maximum absolute atomic E-state index is 13.1. The Morgan fingerprint density at radius 1 is 1.14 bits per heavy atom. The molecule has 4 nitrogen and oxygen atoms in total. The zero-order chi connectivity index (χ0) is 15.7. The van der Waals surface area contributed by atoms with Gasteiger partial charge in [0.25, 0.3) is 0 Å². The Hall–Kier alpha value is -2.15. The van der Waals surface area contributed by atoms with Gasteiger partial charge in [0.1, 0.15) is 0 Å². The van der Waals surface area contributed by atoms with E-state index < -0.39 is 11.9 Å². The van der Waals surface area contributed by atoms with Gasteiger partial charge in [-0.05, 0) is 12.5 Å². The van der Waals surface area contributed by atoms with Gasteiger partial charge in [-0.1, -0.05) is 30.3 Å². The van der Waals surface area contributed by atoms with Crippen LogP contribution in [0, 0.1) is 0 Å². The number of nitrogens with two attached hydrogens (primary N) is 1. The number of alkyl halides is 3. The zero-order valence-electron chi connectivity index (χ0n) is 11.7. The molecular weight excluding hydrogens is 293 g/mol. The Morgan fingerprint density at radius 2 is 1.86 bits per heavy atom. The highest BCUT2D eigenvalue weighted by molar-refractivity contribution is 5.61. The molecule has 0 aliphatic carbocycles. The summed E-state index contributed by atoms with van der Waals surface area (Å²) in [7, 11) is 0. The van der Waals surface area contributed by atoms with Crippen molar-refractivity contribution in [1.82, 2.24) is 9.97 Å². The molecule has 0 bridgehead atoms. The highest BCUT2D eigenvalue weighted by atomic mass is 19.4. The molecule has 116 valence electrons. The van der Waals surface area contributed by atoms with Gasteiger partial charge >= 0.3 is 6.18 Å². The van der Waals surface area contributed by atoms with Gasteiger partial charge < -0.3 is 10.6 Å². The molecule has 0 amide bonds. The van der Waals surface area contributed by atoms with E-state index in [1.165, 1.54) is 0 Å². The first-order chi connectivity index (χ1) is 10.4. The largest absolute Gasteiger partial charge is 0.433 e. The number of benzene rings is 1. The van der Waals surface area contributed by atoms with Crippen LogP contribution >= 0.6 is 0 Å². The molecule has 1 aliphatic heterocycles. The Kier molecular flexibility index (Phi) is 3.74. The van der Waals surface area contributed by atoms with Crippen LogP contribution in [-0.2, 0) is 6.18 Å². The predicted molar refractivity (Wildman–Crippen MR) is 77.3 cm³/mol. The number of hydrogen-bond donors (Lipinski definition) is 1. The van der Waals surface area contributed by atoms with Crippen molar-refractivity contribution in [2.45, 2.75) is 18.6 Å². The minimum absolute atomic E-state index is 0.0571. The summed E-state index contributed by atoms with van der Waals surface area (Å²) in [6.45, 7) is 1.03. The average Bonchev–Trinajstić information content (AvgIpc) is 2.93. The van der Waals surface area contributed by atoms with E-state index in [1.54, 1.807) is 35.2 Å². The predicted octanol–water partition coefficient (Wildman–Crippen LogP) is 2.70. The van der Waals surface area contributed by atoms with Crippen LogP contribution in [0.1, 0.15) is 12.1 Å².